The summed E-state index contributed by atoms with van der Waals surface area (Å²) < 4.78 is 0. The Bertz CT molecular complexity index is 406. The Balaban J connectivity index is 2.01. The van der Waals surface area contributed by atoms with Gasteiger partial charge in [-0.2, -0.15) is 0 Å². The number of carboxylic acid groups (broad SMARTS) is 1. The van der Waals surface area contributed by atoms with E-state index >= 15 is 0 Å². The molecule has 0 aliphatic heterocycles. The molecular weight excluding hydrogens is 210 g/mol. The first kappa shape index (κ1) is 10.4. The van der Waals surface area contributed by atoms with Gasteiger partial charge in [-0.25, -0.2) is 0 Å². The molecule has 0 aromatic heterocycles. The molecule has 1 saturated carbocycles. The first-order chi connectivity index (χ1) is 7.08. The number of nitrogens with two attached hydrogens (primary N) is 1. The summed E-state index contributed by atoms with van der Waals surface area (Å²) in [6, 6.07) is 5.66. The van der Waals surface area contributed by atoms with Crippen LogP contribution in [0.1, 0.15) is 12.0 Å². The molecule has 2 rings (SSSR count). The van der Waals surface area contributed by atoms with Crippen molar-refractivity contribution in [3.8, 4) is 0 Å². The fraction of sp³-hybridized carbons (Fsp3) is 0.364. The summed E-state index contributed by atoms with van der Waals surface area (Å²) >= 11 is 4.23. The average Bonchev–Trinajstić information content (AvgIpc) is 2.91. The van der Waals surface area contributed by atoms with Crippen molar-refractivity contribution >= 4 is 24.3 Å². The van der Waals surface area contributed by atoms with Gasteiger partial charge in [0.05, 0.1) is 5.92 Å². The molecule has 3 nitrogen and oxygen atoms in total. The van der Waals surface area contributed by atoms with Crippen LogP contribution in [0.15, 0.2) is 23.1 Å². The van der Waals surface area contributed by atoms with Gasteiger partial charge in [-0.1, -0.05) is 6.07 Å². The van der Waals surface area contributed by atoms with Crippen molar-refractivity contribution in [3.05, 3.63) is 23.8 Å². The number of thiol groups is 1. The Morgan fingerprint density at radius 1 is 1.60 bits per heavy atom. The first-order valence-electron chi connectivity index (χ1n) is 4.88. The molecule has 2 unspecified atom stereocenters. The summed E-state index contributed by atoms with van der Waals surface area (Å²) in [6.07, 6.45) is 1.60. The fourth-order valence-corrected chi connectivity index (χ4v) is 2.03. The Morgan fingerprint density at radius 2 is 2.33 bits per heavy atom. The molecule has 1 aromatic carbocycles. The van der Waals surface area contributed by atoms with Crippen LogP contribution in [0.25, 0.3) is 0 Å². The molecule has 1 aliphatic rings. The number of carbonyl (C=O) groups is 1. The number of hydrogen-bond acceptors (Lipinski definition) is 3. The Kier molecular flexibility index (Phi) is 2.61. The molecule has 0 bridgehead atoms. The van der Waals surface area contributed by atoms with E-state index in [0.29, 0.717) is 11.6 Å². The van der Waals surface area contributed by atoms with Gasteiger partial charge in [-0.3, -0.25) is 4.79 Å². The molecular formula is C11H13NO2S. The minimum Gasteiger partial charge on any atom is -0.481 e. The van der Waals surface area contributed by atoms with E-state index in [0.717, 1.165) is 23.3 Å². The van der Waals surface area contributed by atoms with E-state index in [1.165, 1.54) is 0 Å². The molecule has 0 saturated heterocycles. The second-order valence-corrected chi connectivity index (χ2v) is 4.52. The van der Waals surface area contributed by atoms with Crippen LogP contribution < -0.4 is 5.73 Å². The van der Waals surface area contributed by atoms with E-state index in [9.17, 15) is 4.79 Å². The van der Waals surface area contributed by atoms with Gasteiger partial charge in [0.2, 0.25) is 0 Å². The number of benzene rings is 1. The van der Waals surface area contributed by atoms with E-state index in [1.54, 1.807) is 0 Å². The van der Waals surface area contributed by atoms with E-state index in [2.05, 4.69) is 12.6 Å². The van der Waals surface area contributed by atoms with Crippen molar-refractivity contribution in [2.45, 2.75) is 17.7 Å². The van der Waals surface area contributed by atoms with Crippen molar-refractivity contribution in [1.29, 1.82) is 0 Å². The molecule has 1 aromatic rings. The van der Waals surface area contributed by atoms with Crippen LogP contribution in [0.4, 0.5) is 5.69 Å². The molecule has 1 fully saturated rings. The highest BCUT2D eigenvalue weighted by Crippen LogP contribution is 2.41. The van der Waals surface area contributed by atoms with Crippen LogP contribution in [0, 0.1) is 11.8 Å². The summed E-state index contributed by atoms with van der Waals surface area (Å²) in [5, 5.41) is 8.77. The molecule has 0 radical (unpaired) electrons. The van der Waals surface area contributed by atoms with Crippen molar-refractivity contribution in [2.75, 3.05) is 5.73 Å². The van der Waals surface area contributed by atoms with E-state index in [-0.39, 0.29) is 5.92 Å². The highest BCUT2D eigenvalue weighted by molar-refractivity contribution is 7.80. The van der Waals surface area contributed by atoms with Crippen molar-refractivity contribution in [2.24, 2.45) is 11.8 Å². The van der Waals surface area contributed by atoms with Gasteiger partial charge >= 0.3 is 5.97 Å². The molecule has 0 heterocycles. The molecule has 4 heteroatoms. The minimum absolute atomic E-state index is 0.147. The minimum atomic E-state index is -0.679. The predicted octanol–water partition coefficient (Wildman–Crippen LogP) is 1.82. The van der Waals surface area contributed by atoms with E-state index in [4.69, 9.17) is 10.8 Å². The maximum Gasteiger partial charge on any atom is 0.306 e. The quantitative estimate of drug-likeness (QED) is 0.541. The summed E-state index contributed by atoms with van der Waals surface area (Å²) in [5.74, 6) is -0.536. The number of hydrogen-bond donors (Lipinski definition) is 3. The Hall–Kier alpha value is -1.16. The van der Waals surface area contributed by atoms with E-state index in [1.807, 2.05) is 18.2 Å². The molecule has 2 atom stereocenters. The highest BCUT2D eigenvalue weighted by Gasteiger charge is 2.42. The van der Waals surface area contributed by atoms with Crippen LogP contribution in [0.3, 0.4) is 0 Å². The molecule has 15 heavy (non-hydrogen) atoms. The standard InChI is InChI=1S/C11H13NO2S/c12-9-2-1-6(4-10(9)15)3-7-5-8(7)11(13)14/h1-2,4,7-8,15H,3,5,12H2,(H,13,14). The number of rotatable bonds is 3. The third-order valence-corrected chi connectivity index (χ3v) is 3.22. The van der Waals surface area contributed by atoms with Crippen molar-refractivity contribution in [3.63, 3.8) is 0 Å². The van der Waals surface area contributed by atoms with Crippen molar-refractivity contribution < 1.29 is 9.90 Å². The number of nitrogen functional groups attached to an aromatic ring is 1. The van der Waals surface area contributed by atoms with Gasteiger partial charge in [0.15, 0.2) is 0 Å². The molecule has 0 amide bonds. The first-order valence-corrected chi connectivity index (χ1v) is 5.33. The summed E-state index contributed by atoms with van der Waals surface area (Å²) in [6.45, 7) is 0. The predicted molar refractivity (Wildman–Crippen MR) is 61.0 cm³/mol. The van der Waals surface area contributed by atoms with Gasteiger partial charge in [-0.05, 0) is 36.5 Å². The van der Waals surface area contributed by atoms with Crippen LogP contribution in [0.2, 0.25) is 0 Å². The monoisotopic (exact) mass is 223 g/mol. The average molecular weight is 223 g/mol. The highest BCUT2D eigenvalue weighted by atomic mass is 32.1. The van der Waals surface area contributed by atoms with E-state index < -0.39 is 5.97 Å². The van der Waals surface area contributed by atoms with Gasteiger partial charge in [0.1, 0.15) is 0 Å². The number of carboxylic acids is 1. The fourth-order valence-electron chi connectivity index (χ4n) is 1.79. The summed E-state index contributed by atoms with van der Waals surface area (Å²) in [5.41, 5.74) is 7.41. The lowest BCUT2D eigenvalue weighted by molar-refractivity contribution is -0.138. The number of anilines is 1. The maximum atomic E-state index is 10.6. The third kappa shape index (κ3) is 2.26. The molecule has 3 N–H and O–H groups in total. The zero-order valence-electron chi connectivity index (χ0n) is 8.18. The largest absolute Gasteiger partial charge is 0.481 e. The van der Waals surface area contributed by atoms with Crippen LogP contribution >= 0.6 is 12.6 Å². The summed E-state index contributed by atoms with van der Waals surface area (Å²) in [7, 11) is 0. The van der Waals surface area contributed by atoms with Gasteiger partial charge in [0.25, 0.3) is 0 Å². The zero-order chi connectivity index (χ0) is 11.0. The summed E-state index contributed by atoms with van der Waals surface area (Å²) in [4.78, 5) is 11.4. The van der Waals surface area contributed by atoms with Crippen LogP contribution in [-0.4, -0.2) is 11.1 Å². The smallest absolute Gasteiger partial charge is 0.306 e. The van der Waals surface area contributed by atoms with Crippen LogP contribution in [0.5, 0.6) is 0 Å². The lowest BCUT2D eigenvalue weighted by Gasteiger charge is -2.03. The lowest BCUT2D eigenvalue weighted by atomic mass is 10.1. The van der Waals surface area contributed by atoms with Gasteiger partial charge in [-0.15, -0.1) is 12.6 Å². The maximum absolute atomic E-state index is 10.6. The Labute approximate surface area is 93.7 Å². The lowest BCUT2D eigenvalue weighted by Crippen LogP contribution is -2.01. The topological polar surface area (TPSA) is 63.3 Å². The molecule has 1 aliphatic carbocycles. The number of aliphatic carboxylic acids is 1. The normalized spacial score (nSPS) is 23.8. The van der Waals surface area contributed by atoms with Crippen LogP contribution in [-0.2, 0) is 11.2 Å². The SMILES string of the molecule is Nc1ccc(CC2CC2C(=O)O)cc1S. The Morgan fingerprint density at radius 3 is 2.87 bits per heavy atom. The second kappa shape index (κ2) is 3.77. The third-order valence-electron chi connectivity index (χ3n) is 2.83. The molecule has 80 valence electrons. The zero-order valence-corrected chi connectivity index (χ0v) is 9.08. The second-order valence-electron chi connectivity index (χ2n) is 4.04. The van der Waals surface area contributed by atoms with Crippen molar-refractivity contribution in [1.82, 2.24) is 0 Å². The van der Waals surface area contributed by atoms with Gasteiger partial charge < -0.3 is 10.8 Å². The molecule has 0 spiro atoms. The van der Waals surface area contributed by atoms with Gasteiger partial charge in [0, 0.05) is 10.6 Å².